The molecule has 0 bridgehead atoms. The van der Waals surface area contributed by atoms with Gasteiger partial charge < -0.3 is 9.84 Å². The van der Waals surface area contributed by atoms with Crippen LogP contribution in [-0.4, -0.2) is 18.3 Å². The molecule has 0 aliphatic carbocycles. The van der Waals surface area contributed by atoms with Crippen molar-refractivity contribution in [2.75, 3.05) is 13.2 Å². The van der Waals surface area contributed by atoms with Gasteiger partial charge in [-0.2, -0.15) is 0 Å². The van der Waals surface area contributed by atoms with Crippen LogP contribution in [0.2, 0.25) is 0 Å². The van der Waals surface area contributed by atoms with Gasteiger partial charge in [-0.3, -0.25) is 0 Å². The standard InChI is InChI=1S/C15H19FO2/c1-2-3-6-11-18-15-9-8-14(16)12-13(15)7-4-5-10-17/h8-9,12,17H,2-3,5-6,10-11H2,1H3. The Hall–Kier alpha value is -1.53. The normalized spacial score (nSPS) is 9.72. The van der Waals surface area contributed by atoms with Crippen LogP contribution in [-0.2, 0) is 0 Å². The summed E-state index contributed by atoms with van der Waals surface area (Å²) in [4.78, 5) is 0. The van der Waals surface area contributed by atoms with Gasteiger partial charge in [-0.25, -0.2) is 4.39 Å². The van der Waals surface area contributed by atoms with Crippen LogP contribution in [0.5, 0.6) is 5.75 Å². The first-order chi connectivity index (χ1) is 8.77. The second kappa shape index (κ2) is 8.54. The Labute approximate surface area is 108 Å². The highest BCUT2D eigenvalue weighted by Crippen LogP contribution is 2.19. The van der Waals surface area contributed by atoms with Gasteiger partial charge in [-0.05, 0) is 24.6 Å². The molecule has 0 unspecified atom stereocenters. The summed E-state index contributed by atoms with van der Waals surface area (Å²) >= 11 is 0. The van der Waals surface area contributed by atoms with E-state index in [4.69, 9.17) is 9.84 Å². The van der Waals surface area contributed by atoms with Gasteiger partial charge in [0.25, 0.3) is 0 Å². The number of aliphatic hydroxyl groups excluding tert-OH is 1. The second-order valence-electron chi connectivity index (χ2n) is 3.97. The molecule has 2 nitrogen and oxygen atoms in total. The minimum absolute atomic E-state index is 0.00893. The summed E-state index contributed by atoms with van der Waals surface area (Å²) in [5.74, 6) is 5.87. The van der Waals surface area contributed by atoms with Gasteiger partial charge in [0, 0.05) is 6.42 Å². The Bertz CT molecular complexity index is 418. The molecule has 98 valence electrons. The lowest BCUT2D eigenvalue weighted by atomic mass is 10.2. The Balaban J connectivity index is 2.68. The predicted octanol–water partition coefficient (Wildman–Crippen LogP) is 3.13. The van der Waals surface area contributed by atoms with Gasteiger partial charge in [-0.1, -0.05) is 31.6 Å². The summed E-state index contributed by atoms with van der Waals surface area (Å²) < 4.78 is 18.7. The van der Waals surface area contributed by atoms with Gasteiger partial charge in [-0.15, -0.1) is 0 Å². The van der Waals surface area contributed by atoms with Crippen LogP contribution in [0.1, 0.15) is 38.2 Å². The van der Waals surface area contributed by atoms with Crippen molar-refractivity contribution in [2.45, 2.75) is 32.6 Å². The third-order valence-corrected chi connectivity index (χ3v) is 2.41. The van der Waals surface area contributed by atoms with Crippen molar-refractivity contribution in [3.05, 3.63) is 29.6 Å². The Morgan fingerprint density at radius 2 is 2.17 bits per heavy atom. The third-order valence-electron chi connectivity index (χ3n) is 2.41. The van der Waals surface area contributed by atoms with E-state index < -0.39 is 0 Å². The van der Waals surface area contributed by atoms with Crippen molar-refractivity contribution in [3.8, 4) is 17.6 Å². The van der Waals surface area contributed by atoms with E-state index in [1.54, 1.807) is 6.07 Å². The number of benzene rings is 1. The molecule has 0 saturated heterocycles. The molecule has 0 atom stereocenters. The topological polar surface area (TPSA) is 29.5 Å². The van der Waals surface area contributed by atoms with Crippen LogP contribution < -0.4 is 4.74 Å². The fourth-order valence-electron chi connectivity index (χ4n) is 1.47. The van der Waals surface area contributed by atoms with E-state index in [0.717, 1.165) is 19.3 Å². The lowest BCUT2D eigenvalue weighted by Gasteiger charge is -2.07. The summed E-state index contributed by atoms with van der Waals surface area (Å²) in [6.45, 7) is 2.76. The first kappa shape index (κ1) is 14.5. The molecule has 0 aliphatic rings. The molecule has 1 N–H and O–H groups in total. The van der Waals surface area contributed by atoms with Crippen LogP contribution in [0.15, 0.2) is 18.2 Å². The average Bonchev–Trinajstić information content (AvgIpc) is 2.37. The Kier molecular flexibility index (Phi) is 6.90. The molecule has 0 heterocycles. The van der Waals surface area contributed by atoms with E-state index in [1.165, 1.54) is 12.1 Å². The number of hydrogen-bond donors (Lipinski definition) is 1. The maximum atomic E-state index is 13.1. The molecule has 0 aromatic heterocycles. The molecule has 18 heavy (non-hydrogen) atoms. The molecular formula is C15H19FO2. The molecule has 1 aromatic carbocycles. The molecule has 0 radical (unpaired) electrons. The first-order valence-corrected chi connectivity index (χ1v) is 6.30. The molecule has 1 aromatic rings. The first-order valence-electron chi connectivity index (χ1n) is 6.30. The van der Waals surface area contributed by atoms with Crippen LogP contribution >= 0.6 is 0 Å². The number of unbranched alkanes of at least 4 members (excludes halogenated alkanes) is 2. The van der Waals surface area contributed by atoms with Crippen LogP contribution in [0.4, 0.5) is 4.39 Å². The zero-order valence-electron chi connectivity index (χ0n) is 10.7. The summed E-state index contributed by atoms with van der Waals surface area (Å²) in [6.07, 6.45) is 3.62. The zero-order chi connectivity index (χ0) is 13.2. The van der Waals surface area contributed by atoms with Crippen LogP contribution in [0, 0.1) is 17.7 Å². The molecule has 0 fully saturated rings. The molecule has 1 rings (SSSR count). The Morgan fingerprint density at radius 3 is 2.89 bits per heavy atom. The van der Waals surface area contributed by atoms with Crippen molar-refractivity contribution >= 4 is 0 Å². The largest absolute Gasteiger partial charge is 0.492 e. The smallest absolute Gasteiger partial charge is 0.135 e. The van der Waals surface area contributed by atoms with Gasteiger partial charge in [0.1, 0.15) is 11.6 Å². The number of aliphatic hydroxyl groups is 1. The van der Waals surface area contributed by atoms with E-state index in [-0.39, 0.29) is 12.4 Å². The summed E-state index contributed by atoms with van der Waals surface area (Å²) in [5, 5.41) is 8.66. The molecule has 0 aliphatic heterocycles. The number of halogens is 1. The molecule has 3 heteroatoms. The van der Waals surface area contributed by atoms with Gasteiger partial charge in [0.05, 0.1) is 18.8 Å². The van der Waals surface area contributed by atoms with E-state index >= 15 is 0 Å². The fourth-order valence-corrected chi connectivity index (χ4v) is 1.47. The van der Waals surface area contributed by atoms with Crippen molar-refractivity contribution in [1.82, 2.24) is 0 Å². The number of rotatable bonds is 6. The predicted molar refractivity (Wildman–Crippen MR) is 70.0 cm³/mol. The molecule has 0 amide bonds. The van der Waals surface area contributed by atoms with E-state index in [0.29, 0.717) is 24.3 Å². The fraction of sp³-hybridized carbons (Fsp3) is 0.467. The lowest BCUT2D eigenvalue weighted by Crippen LogP contribution is -1.99. The van der Waals surface area contributed by atoms with Crippen molar-refractivity contribution in [1.29, 1.82) is 0 Å². The second-order valence-corrected chi connectivity index (χ2v) is 3.97. The average molecular weight is 250 g/mol. The summed E-state index contributed by atoms with van der Waals surface area (Å²) in [7, 11) is 0. The minimum atomic E-state index is -0.329. The lowest BCUT2D eigenvalue weighted by molar-refractivity contribution is 0.304. The molecule has 0 saturated carbocycles. The quantitative estimate of drug-likeness (QED) is 0.621. The van der Waals surface area contributed by atoms with E-state index in [1.807, 2.05) is 0 Å². The van der Waals surface area contributed by atoms with Gasteiger partial charge >= 0.3 is 0 Å². The number of ether oxygens (including phenoxy) is 1. The van der Waals surface area contributed by atoms with Crippen molar-refractivity contribution in [2.24, 2.45) is 0 Å². The summed E-state index contributed by atoms with van der Waals surface area (Å²) in [5.41, 5.74) is 0.542. The zero-order valence-corrected chi connectivity index (χ0v) is 10.7. The van der Waals surface area contributed by atoms with Crippen LogP contribution in [0.3, 0.4) is 0 Å². The van der Waals surface area contributed by atoms with Crippen molar-refractivity contribution in [3.63, 3.8) is 0 Å². The van der Waals surface area contributed by atoms with Gasteiger partial charge in [0.2, 0.25) is 0 Å². The highest BCUT2D eigenvalue weighted by molar-refractivity contribution is 5.46. The number of hydrogen-bond acceptors (Lipinski definition) is 2. The maximum Gasteiger partial charge on any atom is 0.135 e. The maximum absolute atomic E-state index is 13.1. The Morgan fingerprint density at radius 1 is 1.33 bits per heavy atom. The monoisotopic (exact) mass is 250 g/mol. The molecular weight excluding hydrogens is 231 g/mol. The SMILES string of the molecule is CCCCCOc1ccc(F)cc1C#CCCO. The van der Waals surface area contributed by atoms with E-state index in [2.05, 4.69) is 18.8 Å². The summed E-state index contributed by atoms with van der Waals surface area (Å²) in [6, 6.07) is 4.33. The third kappa shape index (κ3) is 5.20. The van der Waals surface area contributed by atoms with E-state index in [9.17, 15) is 4.39 Å². The highest BCUT2D eigenvalue weighted by atomic mass is 19.1. The van der Waals surface area contributed by atoms with Crippen LogP contribution in [0.25, 0.3) is 0 Å². The van der Waals surface area contributed by atoms with Gasteiger partial charge in [0.15, 0.2) is 0 Å². The highest BCUT2D eigenvalue weighted by Gasteiger charge is 2.03. The minimum Gasteiger partial charge on any atom is -0.492 e. The molecule has 0 spiro atoms. The van der Waals surface area contributed by atoms with Crippen molar-refractivity contribution < 1.29 is 14.2 Å².